The molecule has 9 heteroatoms. The van der Waals surface area contributed by atoms with Crippen molar-refractivity contribution in [1.29, 1.82) is 0 Å². The second-order valence-corrected chi connectivity index (χ2v) is 8.32. The van der Waals surface area contributed by atoms with Crippen molar-refractivity contribution < 1.29 is 19.2 Å². The predicted octanol–water partition coefficient (Wildman–Crippen LogP) is 3.92. The average Bonchev–Trinajstić information content (AvgIpc) is 3.05. The van der Waals surface area contributed by atoms with E-state index in [-0.39, 0.29) is 11.5 Å². The number of hydrogen-bond donors (Lipinski definition) is 2. The maximum Gasteiger partial charge on any atom is 0.335 e. The van der Waals surface area contributed by atoms with Crippen LogP contribution in [0.1, 0.15) is 27.3 Å². The monoisotopic (exact) mass is 506 g/mol. The number of imide groups is 2. The van der Waals surface area contributed by atoms with E-state index in [0.29, 0.717) is 28.2 Å². The molecule has 1 saturated heterocycles. The minimum absolute atomic E-state index is 0.188. The highest BCUT2D eigenvalue weighted by Gasteiger charge is 2.37. The summed E-state index contributed by atoms with van der Waals surface area (Å²) < 4.78 is 2.37. The lowest BCUT2D eigenvalue weighted by molar-refractivity contribution is -0.122. The standard InChI is InChI=1S/C24H19BrN4O4/c1-14-12-17(15(2)29(14)27-21(30)16-6-4-3-5-7-16)13-20-22(31)26-24(33)28(23(20)32)19-10-8-18(25)9-11-19/h3-13H,1-2H3,(H,27,30)(H,26,31,33)/b20-13+. The number of amides is 5. The van der Waals surface area contributed by atoms with E-state index in [1.165, 1.54) is 6.08 Å². The van der Waals surface area contributed by atoms with Crippen LogP contribution in [0, 0.1) is 13.8 Å². The molecule has 2 aromatic carbocycles. The predicted molar refractivity (Wildman–Crippen MR) is 127 cm³/mol. The zero-order chi connectivity index (χ0) is 23.7. The fraction of sp³-hybridized carbons (Fsp3) is 0.0833. The lowest BCUT2D eigenvalue weighted by Gasteiger charge is -2.26. The van der Waals surface area contributed by atoms with Crippen LogP contribution in [0.3, 0.4) is 0 Å². The number of nitrogens with one attached hydrogen (secondary N) is 2. The molecule has 0 unspecified atom stereocenters. The first kappa shape index (κ1) is 22.2. The second kappa shape index (κ2) is 8.87. The SMILES string of the molecule is Cc1cc(/C=C2\C(=O)NC(=O)N(c3ccc(Br)cc3)C2=O)c(C)n1NC(=O)c1ccccc1. The number of barbiturate groups is 1. The van der Waals surface area contributed by atoms with E-state index in [9.17, 15) is 19.2 Å². The van der Waals surface area contributed by atoms with Gasteiger partial charge in [-0.1, -0.05) is 34.1 Å². The Hall–Kier alpha value is -3.98. The highest BCUT2D eigenvalue weighted by Crippen LogP contribution is 2.25. The molecule has 1 aliphatic rings. The third-order valence-electron chi connectivity index (χ3n) is 5.21. The van der Waals surface area contributed by atoms with Crippen molar-refractivity contribution in [3.63, 3.8) is 0 Å². The summed E-state index contributed by atoms with van der Waals surface area (Å²) in [6, 6.07) is 16.3. The minimum atomic E-state index is -0.815. The molecular weight excluding hydrogens is 488 g/mol. The van der Waals surface area contributed by atoms with Gasteiger partial charge in [-0.2, -0.15) is 0 Å². The zero-order valence-corrected chi connectivity index (χ0v) is 19.3. The quantitative estimate of drug-likeness (QED) is 0.413. The Morgan fingerprint density at radius 1 is 1.00 bits per heavy atom. The van der Waals surface area contributed by atoms with Crippen molar-refractivity contribution in [1.82, 2.24) is 9.99 Å². The summed E-state index contributed by atoms with van der Waals surface area (Å²) >= 11 is 3.31. The summed E-state index contributed by atoms with van der Waals surface area (Å²) in [5, 5.41) is 2.21. The molecule has 1 fully saturated rings. The van der Waals surface area contributed by atoms with Gasteiger partial charge < -0.3 is 0 Å². The first-order valence-electron chi connectivity index (χ1n) is 9.98. The number of rotatable bonds is 4. The van der Waals surface area contributed by atoms with Gasteiger partial charge >= 0.3 is 6.03 Å². The first-order chi connectivity index (χ1) is 15.8. The fourth-order valence-corrected chi connectivity index (χ4v) is 3.76. The van der Waals surface area contributed by atoms with Crippen LogP contribution in [0.25, 0.3) is 6.08 Å². The molecule has 1 aliphatic heterocycles. The molecule has 0 atom stereocenters. The number of aromatic nitrogens is 1. The molecular formula is C24H19BrN4O4. The Kier molecular flexibility index (Phi) is 5.97. The molecule has 3 aromatic rings. The maximum absolute atomic E-state index is 13.1. The van der Waals surface area contributed by atoms with Crippen LogP contribution >= 0.6 is 15.9 Å². The van der Waals surface area contributed by atoms with Crippen LogP contribution in [-0.4, -0.2) is 28.4 Å². The molecule has 166 valence electrons. The van der Waals surface area contributed by atoms with Gasteiger partial charge in [0.1, 0.15) is 5.57 Å². The summed E-state index contributed by atoms with van der Waals surface area (Å²) in [4.78, 5) is 51.4. The zero-order valence-electron chi connectivity index (χ0n) is 17.8. The van der Waals surface area contributed by atoms with E-state index in [2.05, 4.69) is 26.7 Å². The largest absolute Gasteiger partial charge is 0.335 e. The Morgan fingerprint density at radius 2 is 1.67 bits per heavy atom. The van der Waals surface area contributed by atoms with E-state index >= 15 is 0 Å². The van der Waals surface area contributed by atoms with Crippen molar-refractivity contribution in [2.24, 2.45) is 0 Å². The molecule has 0 radical (unpaired) electrons. The smallest absolute Gasteiger partial charge is 0.273 e. The summed E-state index contributed by atoms with van der Waals surface area (Å²) in [5.41, 5.74) is 5.34. The molecule has 0 saturated carbocycles. The molecule has 2 heterocycles. The number of carbonyl (C=O) groups is 4. The van der Waals surface area contributed by atoms with Crippen LogP contribution in [0.4, 0.5) is 10.5 Å². The van der Waals surface area contributed by atoms with E-state index in [1.807, 2.05) is 6.07 Å². The maximum atomic E-state index is 13.1. The number of benzene rings is 2. The van der Waals surface area contributed by atoms with Gasteiger partial charge in [0.2, 0.25) is 0 Å². The van der Waals surface area contributed by atoms with Crippen LogP contribution in [0.2, 0.25) is 0 Å². The summed E-state index contributed by atoms with van der Waals surface area (Å²) in [7, 11) is 0. The van der Waals surface area contributed by atoms with Gasteiger partial charge in [-0.3, -0.25) is 29.8 Å². The minimum Gasteiger partial charge on any atom is -0.273 e. The number of hydrogen-bond acceptors (Lipinski definition) is 4. The highest BCUT2D eigenvalue weighted by atomic mass is 79.9. The van der Waals surface area contributed by atoms with Gasteiger partial charge in [0, 0.05) is 21.4 Å². The Balaban J connectivity index is 1.66. The van der Waals surface area contributed by atoms with Gasteiger partial charge in [0.25, 0.3) is 17.7 Å². The van der Waals surface area contributed by atoms with Crippen LogP contribution in [-0.2, 0) is 9.59 Å². The number of aryl methyl sites for hydroxylation is 1. The van der Waals surface area contributed by atoms with Crippen LogP contribution in [0.5, 0.6) is 0 Å². The Morgan fingerprint density at radius 3 is 2.33 bits per heavy atom. The molecule has 0 spiro atoms. The number of nitrogens with zero attached hydrogens (tertiary/aromatic N) is 2. The van der Waals surface area contributed by atoms with Gasteiger partial charge in [-0.05, 0) is 68.0 Å². The molecule has 0 bridgehead atoms. The third kappa shape index (κ3) is 4.35. The molecule has 0 aliphatic carbocycles. The Labute approximate surface area is 198 Å². The number of halogens is 1. The van der Waals surface area contributed by atoms with E-state index < -0.39 is 17.8 Å². The van der Waals surface area contributed by atoms with E-state index in [0.717, 1.165) is 9.37 Å². The molecule has 2 N–H and O–H groups in total. The van der Waals surface area contributed by atoms with E-state index in [4.69, 9.17) is 0 Å². The normalized spacial score (nSPS) is 15.1. The highest BCUT2D eigenvalue weighted by molar-refractivity contribution is 9.10. The topological polar surface area (TPSA) is 101 Å². The van der Waals surface area contributed by atoms with Gasteiger partial charge in [-0.25, -0.2) is 9.69 Å². The van der Waals surface area contributed by atoms with Crippen LogP contribution in [0.15, 0.2) is 70.7 Å². The first-order valence-corrected chi connectivity index (χ1v) is 10.8. The number of carbonyl (C=O) groups excluding carboxylic acids is 4. The second-order valence-electron chi connectivity index (χ2n) is 7.40. The summed E-state index contributed by atoms with van der Waals surface area (Å²) in [6.07, 6.45) is 1.42. The van der Waals surface area contributed by atoms with Crippen molar-refractivity contribution in [2.75, 3.05) is 10.3 Å². The lowest BCUT2D eigenvalue weighted by Crippen LogP contribution is -2.54. The molecule has 5 amide bonds. The molecule has 4 rings (SSSR count). The van der Waals surface area contributed by atoms with Crippen molar-refractivity contribution in [3.05, 3.63) is 93.2 Å². The summed E-state index contributed by atoms with van der Waals surface area (Å²) in [5.74, 6) is -1.81. The van der Waals surface area contributed by atoms with Gasteiger partial charge in [0.15, 0.2) is 0 Å². The Bertz CT molecular complexity index is 1310. The van der Waals surface area contributed by atoms with Crippen molar-refractivity contribution >= 4 is 51.4 Å². The molecule has 1 aromatic heterocycles. The fourth-order valence-electron chi connectivity index (χ4n) is 3.50. The average molecular weight is 507 g/mol. The molecule has 33 heavy (non-hydrogen) atoms. The van der Waals surface area contributed by atoms with Gasteiger partial charge in [-0.15, -0.1) is 0 Å². The van der Waals surface area contributed by atoms with Crippen molar-refractivity contribution in [3.8, 4) is 0 Å². The molecule has 8 nitrogen and oxygen atoms in total. The van der Waals surface area contributed by atoms with Crippen LogP contribution < -0.4 is 15.6 Å². The van der Waals surface area contributed by atoms with E-state index in [1.54, 1.807) is 73.1 Å². The third-order valence-corrected chi connectivity index (χ3v) is 5.73. The van der Waals surface area contributed by atoms with Gasteiger partial charge in [0.05, 0.1) is 5.69 Å². The lowest BCUT2D eigenvalue weighted by atomic mass is 10.1. The number of anilines is 1. The number of urea groups is 1. The summed E-state index contributed by atoms with van der Waals surface area (Å²) in [6.45, 7) is 3.55. The van der Waals surface area contributed by atoms with Crippen molar-refractivity contribution in [2.45, 2.75) is 13.8 Å².